The molecule has 0 aliphatic heterocycles. The number of fused-ring (bicyclic) bond motifs is 1. The summed E-state index contributed by atoms with van der Waals surface area (Å²) in [5.74, 6) is -1.13. The van der Waals surface area contributed by atoms with Crippen LogP contribution < -0.4 is 0 Å². The van der Waals surface area contributed by atoms with E-state index in [4.69, 9.17) is 10.00 Å². The molecule has 2 aromatic rings. The summed E-state index contributed by atoms with van der Waals surface area (Å²) in [5.41, 5.74) is -0.153. The zero-order valence-corrected chi connectivity index (χ0v) is 13.2. The smallest absolute Gasteiger partial charge is 0.357 e. The lowest BCUT2D eigenvalue weighted by atomic mass is 10.1. The summed E-state index contributed by atoms with van der Waals surface area (Å²) in [6, 6.07) is 12.7. The summed E-state index contributed by atoms with van der Waals surface area (Å²) in [4.78, 5) is 29.4. The van der Waals surface area contributed by atoms with E-state index >= 15 is 0 Å². The number of esters is 1. The average Bonchev–Trinajstić information content (AvgIpc) is 2.58. The van der Waals surface area contributed by atoms with E-state index in [0.29, 0.717) is 5.52 Å². The minimum absolute atomic E-state index is 0.138. The number of pyridine rings is 1. The van der Waals surface area contributed by atoms with Gasteiger partial charge in [0.2, 0.25) is 0 Å². The van der Waals surface area contributed by atoms with Gasteiger partial charge in [-0.25, -0.2) is 9.78 Å². The maximum absolute atomic E-state index is 12.0. The lowest BCUT2D eigenvalue weighted by Gasteiger charge is -2.28. The number of nitriles is 1. The number of hydrogen-bond donors (Lipinski definition) is 0. The number of benzene rings is 1. The molecule has 0 atom stereocenters. The molecule has 0 aliphatic rings. The number of carbonyl (C=O) groups is 2. The van der Waals surface area contributed by atoms with Crippen molar-refractivity contribution in [2.24, 2.45) is 0 Å². The second kappa shape index (κ2) is 6.44. The van der Waals surface area contributed by atoms with Gasteiger partial charge in [-0.05, 0) is 26.0 Å². The molecule has 1 aromatic heterocycles. The van der Waals surface area contributed by atoms with Crippen LogP contribution in [0, 0.1) is 11.3 Å². The molecule has 0 spiro atoms. The molecule has 6 nitrogen and oxygen atoms in total. The standard InChI is InChI=1S/C17H17N3O3/c1-17(2,11-18)20(3)15(21)10-23-16(22)14-9-8-12-6-4-5-7-13(12)19-14/h4-9H,10H2,1-3H3. The SMILES string of the molecule is CN(C(=O)COC(=O)c1ccc2ccccc2n1)C(C)(C)C#N. The number of para-hydroxylation sites is 1. The minimum Gasteiger partial charge on any atom is -0.451 e. The number of rotatable bonds is 4. The van der Waals surface area contributed by atoms with Gasteiger partial charge in [-0.3, -0.25) is 4.79 Å². The molecule has 0 radical (unpaired) electrons. The molecule has 1 amide bonds. The van der Waals surface area contributed by atoms with Crippen LogP contribution in [0.2, 0.25) is 0 Å². The van der Waals surface area contributed by atoms with Crippen LogP contribution in [-0.2, 0) is 9.53 Å². The monoisotopic (exact) mass is 311 g/mol. The number of likely N-dealkylation sites (N-methyl/N-ethyl adjacent to an activating group) is 1. The molecule has 1 heterocycles. The van der Waals surface area contributed by atoms with E-state index < -0.39 is 24.0 Å². The second-order valence-electron chi connectivity index (χ2n) is 5.59. The second-order valence-corrected chi connectivity index (χ2v) is 5.59. The normalized spacial score (nSPS) is 10.9. The van der Waals surface area contributed by atoms with Gasteiger partial charge in [0.05, 0.1) is 11.6 Å². The third-order valence-corrected chi connectivity index (χ3v) is 3.62. The maximum Gasteiger partial charge on any atom is 0.357 e. The summed E-state index contributed by atoms with van der Waals surface area (Å²) in [5, 5.41) is 9.92. The molecule has 0 aliphatic carbocycles. The fourth-order valence-electron chi connectivity index (χ4n) is 1.86. The predicted molar refractivity (Wildman–Crippen MR) is 84.5 cm³/mol. The number of hydrogen-bond acceptors (Lipinski definition) is 5. The third kappa shape index (κ3) is 3.64. The number of amides is 1. The molecule has 0 fully saturated rings. The van der Waals surface area contributed by atoms with Crippen molar-refractivity contribution < 1.29 is 14.3 Å². The molecule has 0 N–H and O–H groups in total. The van der Waals surface area contributed by atoms with Crippen LogP contribution in [0.3, 0.4) is 0 Å². The van der Waals surface area contributed by atoms with Crippen molar-refractivity contribution in [2.75, 3.05) is 13.7 Å². The van der Waals surface area contributed by atoms with Crippen molar-refractivity contribution in [3.63, 3.8) is 0 Å². The quantitative estimate of drug-likeness (QED) is 0.808. The summed E-state index contributed by atoms with van der Waals surface area (Å²) in [6.07, 6.45) is 0. The van der Waals surface area contributed by atoms with E-state index in [1.165, 1.54) is 11.9 Å². The van der Waals surface area contributed by atoms with E-state index in [9.17, 15) is 9.59 Å². The Morgan fingerprint density at radius 2 is 1.96 bits per heavy atom. The first kappa shape index (κ1) is 16.4. The zero-order valence-electron chi connectivity index (χ0n) is 13.2. The van der Waals surface area contributed by atoms with Crippen LogP contribution in [0.4, 0.5) is 0 Å². The van der Waals surface area contributed by atoms with Crippen LogP contribution >= 0.6 is 0 Å². The highest BCUT2D eigenvalue weighted by molar-refractivity contribution is 5.92. The topological polar surface area (TPSA) is 83.3 Å². The van der Waals surface area contributed by atoms with Gasteiger partial charge >= 0.3 is 5.97 Å². The Labute approximate surface area is 134 Å². The summed E-state index contributed by atoms with van der Waals surface area (Å²) < 4.78 is 5.00. The fraction of sp³-hybridized carbons (Fsp3) is 0.294. The van der Waals surface area contributed by atoms with E-state index in [0.717, 1.165) is 5.39 Å². The van der Waals surface area contributed by atoms with E-state index in [2.05, 4.69) is 4.98 Å². The van der Waals surface area contributed by atoms with Crippen LogP contribution in [0.1, 0.15) is 24.3 Å². The largest absolute Gasteiger partial charge is 0.451 e. The van der Waals surface area contributed by atoms with Crippen molar-refractivity contribution in [3.05, 3.63) is 42.1 Å². The zero-order chi connectivity index (χ0) is 17.0. The minimum atomic E-state index is -0.968. The lowest BCUT2D eigenvalue weighted by Crippen LogP contribution is -2.45. The van der Waals surface area contributed by atoms with E-state index in [1.807, 2.05) is 24.3 Å². The summed E-state index contributed by atoms with van der Waals surface area (Å²) in [6.45, 7) is 2.78. The Balaban J connectivity index is 2.04. The highest BCUT2D eigenvalue weighted by Gasteiger charge is 2.28. The van der Waals surface area contributed by atoms with Crippen molar-refractivity contribution >= 4 is 22.8 Å². The van der Waals surface area contributed by atoms with E-state index in [1.54, 1.807) is 32.0 Å². The molecular weight excluding hydrogens is 294 g/mol. The van der Waals surface area contributed by atoms with Crippen LogP contribution in [0.15, 0.2) is 36.4 Å². The molecule has 2 rings (SSSR count). The lowest BCUT2D eigenvalue weighted by molar-refractivity contribution is -0.136. The van der Waals surface area contributed by atoms with Crippen LogP contribution in [-0.4, -0.2) is 41.0 Å². The number of ether oxygens (including phenoxy) is 1. The molecule has 0 unspecified atom stereocenters. The average molecular weight is 311 g/mol. The first-order chi connectivity index (χ1) is 10.8. The number of aromatic nitrogens is 1. The Morgan fingerprint density at radius 3 is 2.65 bits per heavy atom. The predicted octanol–water partition coefficient (Wildman–Crippen LogP) is 2.15. The number of carbonyl (C=O) groups excluding carboxylic acids is 2. The fourth-order valence-corrected chi connectivity index (χ4v) is 1.86. The Kier molecular flexibility index (Phi) is 4.60. The molecule has 0 saturated heterocycles. The molecule has 23 heavy (non-hydrogen) atoms. The van der Waals surface area contributed by atoms with Gasteiger partial charge in [0.1, 0.15) is 11.2 Å². The molecule has 6 heteroatoms. The molecule has 0 saturated carbocycles. The van der Waals surface area contributed by atoms with Crippen LogP contribution in [0.5, 0.6) is 0 Å². The highest BCUT2D eigenvalue weighted by atomic mass is 16.5. The highest BCUT2D eigenvalue weighted by Crippen LogP contribution is 2.13. The Hall–Kier alpha value is -2.94. The van der Waals surface area contributed by atoms with Gasteiger partial charge in [-0.2, -0.15) is 5.26 Å². The van der Waals surface area contributed by atoms with Gasteiger partial charge in [0.25, 0.3) is 5.91 Å². The Morgan fingerprint density at radius 1 is 1.26 bits per heavy atom. The molecule has 0 bridgehead atoms. The van der Waals surface area contributed by atoms with Gasteiger partial charge < -0.3 is 9.64 Å². The number of nitrogens with zero attached hydrogens (tertiary/aromatic N) is 3. The summed E-state index contributed by atoms with van der Waals surface area (Å²) >= 11 is 0. The first-order valence-corrected chi connectivity index (χ1v) is 7.06. The molecule has 118 valence electrons. The molecule has 1 aromatic carbocycles. The van der Waals surface area contributed by atoms with Crippen molar-refractivity contribution in [1.29, 1.82) is 5.26 Å². The first-order valence-electron chi connectivity index (χ1n) is 7.06. The van der Waals surface area contributed by atoms with Gasteiger partial charge in [0.15, 0.2) is 6.61 Å². The van der Waals surface area contributed by atoms with Crippen molar-refractivity contribution in [3.8, 4) is 6.07 Å². The van der Waals surface area contributed by atoms with Crippen molar-refractivity contribution in [1.82, 2.24) is 9.88 Å². The van der Waals surface area contributed by atoms with Gasteiger partial charge in [0, 0.05) is 12.4 Å². The van der Waals surface area contributed by atoms with Gasteiger partial charge in [-0.1, -0.05) is 24.3 Å². The van der Waals surface area contributed by atoms with Gasteiger partial charge in [-0.15, -0.1) is 0 Å². The molecular formula is C17H17N3O3. The Bertz CT molecular complexity index is 793. The van der Waals surface area contributed by atoms with Crippen molar-refractivity contribution in [2.45, 2.75) is 19.4 Å². The van der Waals surface area contributed by atoms with Crippen LogP contribution in [0.25, 0.3) is 10.9 Å². The maximum atomic E-state index is 12.0. The van der Waals surface area contributed by atoms with E-state index in [-0.39, 0.29) is 5.69 Å². The third-order valence-electron chi connectivity index (χ3n) is 3.62. The summed E-state index contributed by atoms with van der Waals surface area (Å²) in [7, 11) is 1.49.